The van der Waals surface area contributed by atoms with E-state index >= 15 is 0 Å². The minimum absolute atomic E-state index is 0.133. The highest BCUT2D eigenvalue weighted by atomic mass is 79.9. The maximum absolute atomic E-state index is 13.9. The number of hydrogen-bond donors (Lipinski definition) is 0. The van der Waals surface area contributed by atoms with Crippen LogP contribution in [0, 0.1) is 12.7 Å². The fraction of sp³-hybridized carbons (Fsp3) is 0.160. The number of aryl methyl sites for hydroxylation is 2. The van der Waals surface area contributed by atoms with E-state index in [0.29, 0.717) is 4.73 Å². The maximum atomic E-state index is 13.9. The molecule has 166 valence electrons. The number of nitrogens with zero attached hydrogens (tertiary/aromatic N) is 4. The Balaban J connectivity index is 1.67. The summed E-state index contributed by atoms with van der Waals surface area (Å²) in [5.74, 6) is -0.350. The summed E-state index contributed by atoms with van der Waals surface area (Å²) in [6.45, 7) is 2.26. The van der Waals surface area contributed by atoms with Crippen LogP contribution in [-0.4, -0.2) is 18.7 Å². The van der Waals surface area contributed by atoms with E-state index in [1.54, 1.807) is 17.7 Å². The van der Waals surface area contributed by atoms with Crippen LogP contribution >= 0.6 is 15.9 Å². The van der Waals surface area contributed by atoms with Crippen LogP contribution in [0.3, 0.4) is 0 Å². The zero-order valence-electron chi connectivity index (χ0n) is 18.0. The largest absolute Gasteiger partial charge is 0.332 e. The molecule has 3 aromatic carbocycles. The minimum Gasteiger partial charge on any atom is -0.308 e. The van der Waals surface area contributed by atoms with Gasteiger partial charge in [0.2, 0.25) is 0 Å². The molecule has 33 heavy (non-hydrogen) atoms. The molecule has 0 aliphatic rings. The third-order valence-electron chi connectivity index (χ3n) is 5.98. The van der Waals surface area contributed by atoms with E-state index in [4.69, 9.17) is 0 Å². The van der Waals surface area contributed by atoms with Crippen molar-refractivity contribution in [2.24, 2.45) is 7.05 Å². The molecule has 2 heterocycles. The molecule has 0 unspecified atom stereocenters. The first-order valence-electron chi connectivity index (χ1n) is 10.4. The predicted octanol–water partition coefficient (Wildman–Crippen LogP) is 4.36. The molecular weight excluding hydrogens is 487 g/mol. The summed E-state index contributed by atoms with van der Waals surface area (Å²) >= 11 is 3.42. The summed E-state index contributed by atoms with van der Waals surface area (Å²) < 4.78 is 18.5. The second-order valence-corrected chi connectivity index (χ2v) is 8.83. The van der Waals surface area contributed by atoms with E-state index in [9.17, 15) is 14.0 Å². The summed E-state index contributed by atoms with van der Waals surface area (Å²) in [6.07, 6.45) is 0. The fourth-order valence-electron chi connectivity index (χ4n) is 4.13. The average molecular weight is 507 g/mol. The van der Waals surface area contributed by atoms with Crippen molar-refractivity contribution >= 4 is 37.9 Å². The van der Waals surface area contributed by atoms with Crippen molar-refractivity contribution in [1.29, 1.82) is 0 Å². The van der Waals surface area contributed by atoms with Crippen molar-refractivity contribution in [1.82, 2.24) is 18.7 Å². The van der Waals surface area contributed by atoms with Gasteiger partial charge in [-0.15, -0.1) is 0 Å². The number of imidazole rings is 1. The Hall–Kier alpha value is -3.52. The minimum atomic E-state index is -0.445. The Labute approximate surface area is 196 Å². The van der Waals surface area contributed by atoms with Gasteiger partial charge in [-0.3, -0.25) is 13.9 Å². The van der Waals surface area contributed by atoms with E-state index in [0.717, 1.165) is 27.5 Å². The zero-order chi connectivity index (χ0) is 23.3. The van der Waals surface area contributed by atoms with Crippen LogP contribution < -0.4 is 11.2 Å². The topological polar surface area (TPSA) is 61.8 Å². The van der Waals surface area contributed by atoms with Crippen LogP contribution in [-0.2, 0) is 20.1 Å². The number of fused-ring (bicyclic) bond motifs is 2. The average Bonchev–Trinajstić information content (AvgIpc) is 3.13. The van der Waals surface area contributed by atoms with Gasteiger partial charge in [0, 0.05) is 7.05 Å². The van der Waals surface area contributed by atoms with E-state index in [1.165, 1.54) is 21.3 Å². The number of halogens is 2. The quantitative estimate of drug-likeness (QED) is 0.340. The van der Waals surface area contributed by atoms with Crippen LogP contribution in [0.25, 0.3) is 21.9 Å². The normalized spacial score (nSPS) is 11.5. The molecule has 0 spiro atoms. The maximum Gasteiger partial charge on any atom is 0.332 e. The molecule has 0 aliphatic heterocycles. The highest BCUT2D eigenvalue weighted by Gasteiger charge is 2.20. The summed E-state index contributed by atoms with van der Waals surface area (Å²) in [7, 11) is 1.60. The lowest BCUT2D eigenvalue weighted by atomic mass is 10.1. The smallest absolute Gasteiger partial charge is 0.308 e. The molecule has 0 N–H and O–H groups in total. The molecule has 0 aliphatic carbocycles. The number of rotatable bonds is 4. The molecule has 0 fully saturated rings. The molecule has 0 atom stereocenters. The first-order chi connectivity index (χ1) is 15.8. The van der Waals surface area contributed by atoms with Gasteiger partial charge in [-0.2, -0.15) is 0 Å². The molecule has 0 saturated carbocycles. The van der Waals surface area contributed by atoms with Crippen molar-refractivity contribution < 1.29 is 4.39 Å². The molecular formula is C25H20BrFN4O2. The molecule has 5 rings (SSSR count). The first kappa shape index (κ1) is 21.3. The molecule has 0 saturated heterocycles. The number of hydrogen-bond acceptors (Lipinski definition) is 3. The zero-order valence-corrected chi connectivity index (χ0v) is 19.6. The van der Waals surface area contributed by atoms with Crippen LogP contribution in [0.15, 0.2) is 75.0 Å². The van der Waals surface area contributed by atoms with Crippen molar-refractivity contribution in [3.63, 3.8) is 0 Å². The Bertz CT molecular complexity index is 1670. The van der Waals surface area contributed by atoms with Gasteiger partial charge < -0.3 is 4.57 Å². The van der Waals surface area contributed by atoms with Crippen molar-refractivity contribution in [2.45, 2.75) is 20.0 Å². The third-order valence-corrected chi connectivity index (χ3v) is 6.59. The van der Waals surface area contributed by atoms with Gasteiger partial charge in [-0.05, 0) is 68.5 Å². The standard InChI is InChI=1S/C25H20BrFN4O2/c1-15-7-10-20(27)12-19(15)14-30-21-22(28-24(30)26)29(2)25(33)31(23(21)32)13-16-8-9-17-5-3-4-6-18(17)11-16/h3-12H,13-14H2,1-2H3. The Kier molecular flexibility index (Phi) is 5.25. The Morgan fingerprint density at radius 3 is 2.48 bits per heavy atom. The highest BCUT2D eigenvalue weighted by Crippen LogP contribution is 2.21. The summed E-state index contributed by atoms with van der Waals surface area (Å²) in [5, 5.41) is 2.12. The first-order valence-corrected chi connectivity index (χ1v) is 11.2. The lowest BCUT2D eigenvalue weighted by Crippen LogP contribution is -2.40. The summed E-state index contributed by atoms with van der Waals surface area (Å²) in [4.78, 5) is 31.0. The second kappa shape index (κ2) is 8.12. The van der Waals surface area contributed by atoms with Gasteiger partial charge in [0.15, 0.2) is 15.9 Å². The number of benzene rings is 3. The molecule has 8 heteroatoms. The second-order valence-electron chi connectivity index (χ2n) is 8.12. The molecule has 5 aromatic rings. The molecule has 0 bridgehead atoms. The van der Waals surface area contributed by atoms with Crippen LogP contribution in [0.2, 0.25) is 0 Å². The molecule has 0 amide bonds. The van der Waals surface area contributed by atoms with Crippen LogP contribution in [0.4, 0.5) is 4.39 Å². The van der Waals surface area contributed by atoms with Crippen LogP contribution in [0.1, 0.15) is 16.7 Å². The lowest BCUT2D eigenvalue weighted by Gasteiger charge is -2.12. The van der Waals surface area contributed by atoms with Gasteiger partial charge in [-0.1, -0.05) is 42.5 Å². The van der Waals surface area contributed by atoms with E-state index in [1.807, 2.05) is 49.4 Å². The monoisotopic (exact) mass is 506 g/mol. The van der Waals surface area contributed by atoms with Crippen molar-refractivity contribution in [3.05, 3.63) is 109 Å². The van der Waals surface area contributed by atoms with E-state index in [2.05, 4.69) is 20.9 Å². The fourth-order valence-corrected chi connectivity index (χ4v) is 4.60. The number of aromatic nitrogens is 4. The van der Waals surface area contributed by atoms with E-state index < -0.39 is 11.2 Å². The van der Waals surface area contributed by atoms with Gasteiger partial charge in [0.25, 0.3) is 5.56 Å². The van der Waals surface area contributed by atoms with Crippen molar-refractivity contribution in [2.75, 3.05) is 0 Å². The Morgan fingerprint density at radius 1 is 0.939 bits per heavy atom. The molecule has 6 nitrogen and oxygen atoms in total. The van der Waals surface area contributed by atoms with Gasteiger partial charge in [0.05, 0.1) is 13.1 Å². The highest BCUT2D eigenvalue weighted by molar-refractivity contribution is 9.10. The molecule has 2 aromatic heterocycles. The molecule has 0 radical (unpaired) electrons. The van der Waals surface area contributed by atoms with E-state index in [-0.39, 0.29) is 30.1 Å². The van der Waals surface area contributed by atoms with Gasteiger partial charge in [0.1, 0.15) is 5.82 Å². The van der Waals surface area contributed by atoms with Crippen molar-refractivity contribution in [3.8, 4) is 0 Å². The van der Waals surface area contributed by atoms with Crippen LogP contribution in [0.5, 0.6) is 0 Å². The Morgan fingerprint density at radius 2 is 1.70 bits per heavy atom. The lowest BCUT2D eigenvalue weighted by molar-refractivity contribution is 0.622. The summed E-state index contributed by atoms with van der Waals surface area (Å²) in [6, 6.07) is 18.4. The summed E-state index contributed by atoms with van der Waals surface area (Å²) in [5.41, 5.74) is 2.15. The van der Waals surface area contributed by atoms with Gasteiger partial charge >= 0.3 is 5.69 Å². The predicted molar refractivity (Wildman–Crippen MR) is 130 cm³/mol. The van der Waals surface area contributed by atoms with Gasteiger partial charge in [-0.25, -0.2) is 14.2 Å². The third kappa shape index (κ3) is 3.70. The SMILES string of the molecule is Cc1ccc(F)cc1Cn1c(Br)nc2c1c(=O)n(Cc1ccc3ccccc3c1)c(=O)n2C.